The van der Waals surface area contributed by atoms with Gasteiger partial charge in [-0.1, -0.05) is 36.8 Å². The number of benzene rings is 1. The number of rotatable bonds is 4. The molecule has 1 aliphatic heterocycles. The van der Waals surface area contributed by atoms with Crippen LogP contribution in [-0.2, 0) is 6.54 Å². The summed E-state index contributed by atoms with van der Waals surface area (Å²) in [5.41, 5.74) is 3.09. The second-order valence-corrected chi connectivity index (χ2v) is 6.59. The largest absolute Gasteiger partial charge is 0.387 e. The van der Waals surface area contributed by atoms with Crippen LogP contribution in [0.25, 0.3) is 10.6 Å². The van der Waals surface area contributed by atoms with E-state index < -0.39 is 5.60 Å². The molecule has 1 aromatic carbocycles. The summed E-state index contributed by atoms with van der Waals surface area (Å²) in [6, 6.07) is 8.48. The fourth-order valence-electron chi connectivity index (χ4n) is 2.56. The number of likely N-dealkylation sites (tertiary alicyclic amines) is 1. The predicted molar refractivity (Wildman–Crippen MR) is 82.8 cm³/mol. The van der Waals surface area contributed by atoms with Crippen LogP contribution in [0.4, 0.5) is 0 Å². The zero-order valence-corrected chi connectivity index (χ0v) is 12.8. The van der Waals surface area contributed by atoms with Crippen LogP contribution in [0.3, 0.4) is 0 Å². The first-order chi connectivity index (χ1) is 9.58. The predicted octanol–water partition coefficient (Wildman–Crippen LogP) is 3.08. The van der Waals surface area contributed by atoms with Gasteiger partial charge in [-0.15, -0.1) is 11.3 Å². The van der Waals surface area contributed by atoms with E-state index >= 15 is 0 Å². The Morgan fingerprint density at radius 2 is 2.00 bits per heavy atom. The van der Waals surface area contributed by atoms with Gasteiger partial charge in [0.25, 0.3) is 0 Å². The Morgan fingerprint density at radius 3 is 2.65 bits per heavy atom. The average Bonchev–Trinajstić information content (AvgIpc) is 2.86. The summed E-state index contributed by atoms with van der Waals surface area (Å²) in [7, 11) is 0. The van der Waals surface area contributed by atoms with E-state index in [4.69, 9.17) is 4.98 Å². The van der Waals surface area contributed by atoms with Gasteiger partial charge in [0, 0.05) is 30.6 Å². The van der Waals surface area contributed by atoms with Crippen LogP contribution in [0.5, 0.6) is 0 Å². The maximum atomic E-state index is 10.0. The molecular weight excluding hydrogens is 268 g/mol. The monoisotopic (exact) mass is 288 g/mol. The normalized spacial score (nSPS) is 17.9. The number of aryl methyl sites for hydroxylation is 1. The van der Waals surface area contributed by atoms with E-state index in [1.54, 1.807) is 11.3 Å². The third-order valence-corrected chi connectivity index (χ3v) is 4.87. The quantitative estimate of drug-likeness (QED) is 0.939. The first kappa shape index (κ1) is 13.7. The Bertz CT molecular complexity index is 585. The summed E-state index contributed by atoms with van der Waals surface area (Å²) >= 11 is 1.69. The molecule has 0 spiro atoms. The number of β-amino-alcohol motifs (C(OH)–C–C–N with tert-alkyl or cyclic N) is 1. The number of hydrogen-bond acceptors (Lipinski definition) is 4. The summed E-state index contributed by atoms with van der Waals surface area (Å²) in [4.78, 5) is 6.95. The molecule has 3 nitrogen and oxygen atoms in total. The van der Waals surface area contributed by atoms with Crippen molar-refractivity contribution in [2.45, 2.75) is 32.4 Å². The Kier molecular flexibility index (Phi) is 3.63. The first-order valence-corrected chi connectivity index (χ1v) is 7.92. The van der Waals surface area contributed by atoms with E-state index in [1.807, 2.05) is 6.92 Å². The van der Waals surface area contributed by atoms with Crippen molar-refractivity contribution in [1.82, 2.24) is 9.88 Å². The molecule has 0 bridgehead atoms. The minimum absolute atomic E-state index is 0.462. The van der Waals surface area contributed by atoms with Gasteiger partial charge in [0.2, 0.25) is 0 Å². The zero-order chi connectivity index (χ0) is 14.2. The van der Waals surface area contributed by atoms with Gasteiger partial charge < -0.3 is 5.11 Å². The minimum atomic E-state index is -0.462. The standard InChI is InChI=1S/C16H20N2OS/c1-3-16(19)10-18(11-16)8-14-9-20-15(17-14)13-6-4-12(2)5-7-13/h4-7,9,19H,3,8,10-11H2,1-2H3. The third kappa shape index (κ3) is 2.77. The molecule has 0 atom stereocenters. The van der Waals surface area contributed by atoms with Crippen molar-refractivity contribution < 1.29 is 5.11 Å². The van der Waals surface area contributed by atoms with Gasteiger partial charge in [0.1, 0.15) is 5.01 Å². The van der Waals surface area contributed by atoms with Crippen molar-refractivity contribution in [2.75, 3.05) is 13.1 Å². The van der Waals surface area contributed by atoms with Crippen LogP contribution in [0, 0.1) is 6.92 Å². The maximum absolute atomic E-state index is 10.0. The van der Waals surface area contributed by atoms with E-state index in [0.29, 0.717) is 0 Å². The Balaban J connectivity index is 1.64. The van der Waals surface area contributed by atoms with Crippen LogP contribution in [0.15, 0.2) is 29.6 Å². The summed E-state index contributed by atoms with van der Waals surface area (Å²) in [6.07, 6.45) is 0.829. The van der Waals surface area contributed by atoms with Gasteiger partial charge in [-0.25, -0.2) is 4.98 Å². The van der Waals surface area contributed by atoms with Crippen LogP contribution < -0.4 is 0 Å². The molecule has 1 aromatic heterocycles. The summed E-state index contributed by atoms with van der Waals surface area (Å²) in [6.45, 7) is 6.50. The summed E-state index contributed by atoms with van der Waals surface area (Å²) in [5.74, 6) is 0. The van der Waals surface area contributed by atoms with Crippen molar-refractivity contribution >= 4 is 11.3 Å². The van der Waals surface area contributed by atoms with Crippen molar-refractivity contribution in [3.8, 4) is 10.6 Å². The molecule has 0 aliphatic carbocycles. The highest BCUT2D eigenvalue weighted by atomic mass is 32.1. The van der Waals surface area contributed by atoms with Crippen molar-refractivity contribution in [3.05, 3.63) is 40.9 Å². The number of aliphatic hydroxyl groups is 1. The van der Waals surface area contributed by atoms with E-state index in [0.717, 1.165) is 36.8 Å². The summed E-state index contributed by atoms with van der Waals surface area (Å²) in [5, 5.41) is 13.2. The van der Waals surface area contributed by atoms with Gasteiger partial charge in [-0.2, -0.15) is 0 Å². The van der Waals surface area contributed by atoms with Gasteiger partial charge in [0.05, 0.1) is 11.3 Å². The van der Waals surface area contributed by atoms with E-state index in [-0.39, 0.29) is 0 Å². The van der Waals surface area contributed by atoms with Gasteiger partial charge >= 0.3 is 0 Å². The number of aromatic nitrogens is 1. The van der Waals surface area contributed by atoms with Crippen molar-refractivity contribution in [3.63, 3.8) is 0 Å². The molecule has 0 unspecified atom stereocenters. The fourth-order valence-corrected chi connectivity index (χ4v) is 3.38. The number of nitrogens with zero attached hydrogens (tertiary/aromatic N) is 2. The van der Waals surface area contributed by atoms with Gasteiger partial charge in [0.15, 0.2) is 0 Å². The van der Waals surface area contributed by atoms with Crippen LogP contribution in [-0.4, -0.2) is 33.7 Å². The van der Waals surface area contributed by atoms with Crippen LogP contribution >= 0.6 is 11.3 Å². The molecule has 1 saturated heterocycles. The third-order valence-electron chi connectivity index (χ3n) is 3.93. The topological polar surface area (TPSA) is 36.4 Å². The smallest absolute Gasteiger partial charge is 0.123 e. The minimum Gasteiger partial charge on any atom is -0.387 e. The molecule has 2 heterocycles. The van der Waals surface area contributed by atoms with Gasteiger partial charge in [-0.05, 0) is 13.3 Å². The summed E-state index contributed by atoms with van der Waals surface area (Å²) < 4.78 is 0. The Morgan fingerprint density at radius 1 is 1.30 bits per heavy atom. The molecular formula is C16H20N2OS. The second-order valence-electron chi connectivity index (χ2n) is 5.73. The van der Waals surface area contributed by atoms with E-state index in [9.17, 15) is 5.11 Å². The molecule has 106 valence electrons. The molecule has 0 radical (unpaired) electrons. The number of thiazole rings is 1. The van der Waals surface area contributed by atoms with Gasteiger partial charge in [-0.3, -0.25) is 4.90 Å². The fraction of sp³-hybridized carbons (Fsp3) is 0.438. The molecule has 4 heteroatoms. The lowest BCUT2D eigenvalue weighted by Crippen LogP contribution is -2.60. The molecule has 1 fully saturated rings. The molecule has 1 aliphatic rings. The van der Waals surface area contributed by atoms with Crippen molar-refractivity contribution in [1.29, 1.82) is 0 Å². The lowest BCUT2D eigenvalue weighted by atomic mass is 9.91. The number of hydrogen-bond donors (Lipinski definition) is 1. The maximum Gasteiger partial charge on any atom is 0.123 e. The van der Waals surface area contributed by atoms with Crippen LogP contribution in [0.1, 0.15) is 24.6 Å². The highest BCUT2D eigenvalue weighted by molar-refractivity contribution is 7.13. The average molecular weight is 288 g/mol. The van der Waals surface area contributed by atoms with Crippen molar-refractivity contribution in [2.24, 2.45) is 0 Å². The highest BCUT2D eigenvalue weighted by Gasteiger charge is 2.39. The lowest BCUT2D eigenvalue weighted by molar-refractivity contribution is -0.103. The molecule has 20 heavy (non-hydrogen) atoms. The second kappa shape index (κ2) is 5.28. The molecule has 1 N–H and O–H groups in total. The molecule has 2 aromatic rings. The van der Waals surface area contributed by atoms with Crippen LogP contribution in [0.2, 0.25) is 0 Å². The first-order valence-electron chi connectivity index (χ1n) is 7.04. The lowest BCUT2D eigenvalue weighted by Gasteiger charge is -2.45. The molecule has 0 amide bonds. The van der Waals surface area contributed by atoms with E-state index in [1.165, 1.54) is 11.1 Å². The van der Waals surface area contributed by atoms with E-state index in [2.05, 4.69) is 41.5 Å². The Labute approximate surface area is 123 Å². The zero-order valence-electron chi connectivity index (χ0n) is 12.0. The molecule has 3 rings (SSSR count). The highest BCUT2D eigenvalue weighted by Crippen LogP contribution is 2.28. The Hall–Kier alpha value is -1.23. The SMILES string of the molecule is CCC1(O)CN(Cc2csc(-c3ccc(C)cc3)n2)C1. The molecule has 0 saturated carbocycles.